The Morgan fingerprint density at radius 2 is 2.13 bits per heavy atom. The average Bonchev–Trinajstić information content (AvgIpc) is 2.87. The Bertz CT molecular complexity index is 762. The van der Waals surface area contributed by atoms with Gasteiger partial charge in [-0.15, -0.1) is 0 Å². The molecular weight excluding hydrogens is 314 g/mol. The van der Waals surface area contributed by atoms with Gasteiger partial charge in [-0.1, -0.05) is 18.2 Å². The fourth-order valence-electron chi connectivity index (χ4n) is 2.76. The lowest BCUT2D eigenvalue weighted by molar-refractivity contribution is -0.139. The number of benzene rings is 1. The SMILES string of the molecule is C=CC(=O)N1CC(C(=O)NCCn2ccc3cc(Cl)ccc32)C1. The van der Waals surface area contributed by atoms with Crippen LogP contribution in [0.5, 0.6) is 0 Å². The molecule has 2 aromatic rings. The van der Waals surface area contributed by atoms with Gasteiger partial charge in [0.05, 0.1) is 5.92 Å². The molecule has 0 spiro atoms. The molecule has 0 atom stereocenters. The molecule has 1 aliphatic rings. The maximum absolute atomic E-state index is 12.0. The molecule has 1 N–H and O–H groups in total. The van der Waals surface area contributed by atoms with E-state index in [0.717, 1.165) is 10.9 Å². The summed E-state index contributed by atoms with van der Waals surface area (Å²) in [6.45, 7) is 5.63. The van der Waals surface area contributed by atoms with E-state index in [1.807, 2.05) is 30.5 Å². The second kappa shape index (κ2) is 6.46. The molecule has 1 fully saturated rings. The van der Waals surface area contributed by atoms with E-state index < -0.39 is 0 Å². The molecule has 1 aromatic carbocycles. The number of hydrogen-bond acceptors (Lipinski definition) is 2. The Labute approximate surface area is 139 Å². The van der Waals surface area contributed by atoms with Crippen molar-refractivity contribution in [1.29, 1.82) is 0 Å². The highest BCUT2D eigenvalue weighted by Gasteiger charge is 2.34. The van der Waals surface area contributed by atoms with Crippen LogP contribution >= 0.6 is 11.6 Å². The molecular formula is C17H18ClN3O2. The number of carbonyl (C=O) groups excluding carboxylic acids is 2. The number of hydrogen-bond donors (Lipinski definition) is 1. The molecule has 2 heterocycles. The number of rotatable bonds is 5. The first-order chi connectivity index (χ1) is 11.1. The lowest BCUT2D eigenvalue weighted by Gasteiger charge is -2.37. The smallest absolute Gasteiger partial charge is 0.246 e. The summed E-state index contributed by atoms with van der Waals surface area (Å²) in [5.74, 6) is -0.233. The molecule has 6 heteroatoms. The third kappa shape index (κ3) is 3.24. The van der Waals surface area contributed by atoms with Crippen LogP contribution in [0.3, 0.4) is 0 Å². The van der Waals surface area contributed by atoms with E-state index in [2.05, 4.69) is 16.5 Å². The molecule has 0 saturated carbocycles. The van der Waals surface area contributed by atoms with Crippen molar-refractivity contribution in [2.45, 2.75) is 6.54 Å². The molecule has 3 rings (SSSR count). The van der Waals surface area contributed by atoms with Gasteiger partial charge in [-0.3, -0.25) is 9.59 Å². The molecule has 1 aromatic heterocycles. The highest BCUT2D eigenvalue weighted by atomic mass is 35.5. The maximum Gasteiger partial charge on any atom is 0.246 e. The minimum Gasteiger partial charge on any atom is -0.354 e. The Kier molecular flexibility index (Phi) is 4.39. The van der Waals surface area contributed by atoms with Crippen molar-refractivity contribution in [3.05, 3.63) is 48.1 Å². The van der Waals surface area contributed by atoms with Gasteiger partial charge in [0.2, 0.25) is 11.8 Å². The van der Waals surface area contributed by atoms with E-state index in [9.17, 15) is 9.59 Å². The molecule has 0 bridgehead atoms. The number of carbonyl (C=O) groups is 2. The zero-order chi connectivity index (χ0) is 16.4. The number of likely N-dealkylation sites (tertiary alicyclic amines) is 1. The number of amides is 2. The summed E-state index contributed by atoms with van der Waals surface area (Å²) < 4.78 is 2.08. The summed E-state index contributed by atoms with van der Waals surface area (Å²) in [5, 5.41) is 4.73. The first kappa shape index (κ1) is 15.6. The van der Waals surface area contributed by atoms with Crippen LogP contribution in [-0.2, 0) is 16.1 Å². The van der Waals surface area contributed by atoms with E-state index in [-0.39, 0.29) is 17.7 Å². The highest BCUT2D eigenvalue weighted by Crippen LogP contribution is 2.20. The summed E-state index contributed by atoms with van der Waals surface area (Å²) in [6, 6.07) is 7.77. The number of halogens is 1. The van der Waals surface area contributed by atoms with Gasteiger partial charge in [-0.25, -0.2) is 0 Å². The summed E-state index contributed by atoms with van der Waals surface area (Å²) >= 11 is 5.98. The minimum absolute atomic E-state index is 0.00221. The van der Waals surface area contributed by atoms with Crippen LogP contribution < -0.4 is 5.32 Å². The number of nitrogens with one attached hydrogen (secondary N) is 1. The normalized spacial score (nSPS) is 14.6. The van der Waals surface area contributed by atoms with Crippen LogP contribution in [0, 0.1) is 5.92 Å². The van der Waals surface area contributed by atoms with Gasteiger partial charge in [0, 0.05) is 48.3 Å². The molecule has 5 nitrogen and oxygen atoms in total. The molecule has 1 saturated heterocycles. The van der Waals surface area contributed by atoms with Crippen LogP contribution in [-0.4, -0.2) is 40.9 Å². The summed E-state index contributed by atoms with van der Waals surface area (Å²) in [5.41, 5.74) is 1.09. The second-order valence-electron chi connectivity index (χ2n) is 5.65. The molecule has 0 unspecified atom stereocenters. The monoisotopic (exact) mass is 331 g/mol. The Morgan fingerprint density at radius 1 is 1.35 bits per heavy atom. The fourth-order valence-corrected chi connectivity index (χ4v) is 2.94. The molecule has 2 amide bonds. The first-order valence-electron chi connectivity index (χ1n) is 7.52. The Balaban J connectivity index is 1.49. The van der Waals surface area contributed by atoms with Crippen LogP contribution in [0.15, 0.2) is 43.1 Å². The van der Waals surface area contributed by atoms with E-state index in [1.165, 1.54) is 6.08 Å². The lowest BCUT2D eigenvalue weighted by Crippen LogP contribution is -2.55. The average molecular weight is 332 g/mol. The first-order valence-corrected chi connectivity index (χ1v) is 7.89. The van der Waals surface area contributed by atoms with Gasteiger partial charge in [-0.05, 0) is 30.3 Å². The van der Waals surface area contributed by atoms with Crippen LogP contribution in [0.2, 0.25) is 5.02 Å². The summed E-state index contributed by atoms with van der Waals surface area (Å²) in [4.78, 5) is 25.0. The van der Waals surface area contributed by atoms with Crippen LogP contribution in [0.1, 0.15) is 0 Å². The van der Waals surface area contributed by atoms with Crippen molar-refractivity contribution in [3.8, 4) is 0 Å². The molecule has 0 aliphatic carbocycles. The lowest BCUT2D eigenvalue weighted by atomic mass is 9.99. The Hall–Kier alpha value is -2.27. The fraction of sp³-hybridized carbons (Fsp3) is 0.294. The summed E-state index contributed by atoms with van der Waals surface area (Å²) in [6.07, 6.45) is 3.26. The van der Waals surface area contributed by atoms with Crippen molar-refractivity contribution >= 4 is 34.3 Å². The third-order valence-corrected chi connectivity index (χ3v) is 4.36. The Morgan fingerprint density at radius 3 is 2.87 bits per heavy atom. The largest absolute Gasteiger partial charge is 0.354 e. The maximum atomic E-state index is 12.0. The number of fused-ring (bicyclic) bond motifs is 1. The van der Waals surface area contributed by atoms with Gasteiger partial charge < -0.3 is 14.8 Å². The van der Waals surface area contributed by atoms with Gasteiger partial charge in [0.1, 0.15) is 0 Å². The van der Waals surface area contributed by atoms with Crippen molar-refractivity contribution in [1.82, 2.24) is 14.8 Å². The molecule has 1 aliphatic heterocycles. The van der Waals surface area contributed by atoms with Crippen LogP contribution in [0.25, 0.3) is 10.9 Å². The van der Waals surface area contributed by atoms with Crippen molar-refractivity contribution in [2.24, 2.45) is 5.92 Å². The van der Waals surface area contributed by atoms with Crippen molar-refractivity contribution in [2.75, 3.05) is 19.6 Å². The van der Waals surface area contributed by atoms with Crippen molar-refractivity contribution in [3.63, 3.8) is 0 Å². The molecule has 23 heavy (non-hydrogen) atoms. The molecule has 0 radical (unpaired) electrons. The topological polar surface area (TPSA) is 54.3 Å². The van der Waals surface area contributed by atoms with E-state index >= 15 is 0 Å². The van der Waals surface area contributed by atoms with Crippen molar-refractivity contribution < 1.29 is 9.59 Å². The predicted molar refractivity (Wildman–Crippen MR) is 90.2 cm³/mol. The minimum atomic E-state index is -0.119. The van der Waals surface area contributed by atoms with Gasteiger partial charge in [0.25, 0.3) is 0 Å². The molecule has 120 valence electrons. The van der Waals surface area contributed by atoms with Gasteiger partial charge in [-0.2, -0.15) is 0 Å². The van der Waals surface area contributed by atoms with Gasteiger partial charge in [0.15, 0.2) is 0 Å². The van der Waals surface area contributed by atoms with Gasteiger partial charge >= 0.3 is 0 Å². The summed E-state index contributed by atoms with van der Waals surface area (Å²) in [7, 11) is 0. The van der Waals surface area contributed by atoms with Crippen LogP contribution in [0.4, 0.5) is 0 Å². The van der Waals surface area contributed by atoms with E-state index in [4.69, 9.17) is 11.6 Å². The zero-order valence-electron chi connectivity index (χ0n) is 12.7. The zero-order valence-corrected chi connectivity index (χ0v) is 13.4. The quantitative estimate of drug-likeness (QED) is 0.853. The predicted octanol–water partition coefficient (Wildman–Crippen LogP) is 2.06. The number of nitrogens with zero attached hydrogens (tertiary/aromatic N) is 2. The highest BCUT2D eigenvalue weighted by molar-refractivity contribution is 6.31. The second-order valence-corrected chi connectivity index (χ2v) is 6.08. The standard InChI is InChI=1S/C17H18ClN3O2/c1-2-16(22)21-10-13(11-21)17(23)19-6-8-20-7-5-12-9-14(18)3-4-15(12)20/h2-5,7,9,13H,1,6,8,10-11H2,(H,19,23). The van der Waals surface area contributed by atoms with E-state index in [1.54, 1.807) is 4.90 Å². The third-order valence-electron chi connectivity index (χ3n) is 4.12. The van der Waals surface area contributed by atoms with E-state index in [0.29, 0.717) is 31.2 Å². The number of aromatic nitrogens is 1.